The van der Waals surface area contributed by atoms with Crippen LogP contribution in [0.5, 0.6) is 0 Å². The van der Waals surface area contributed by atoms with E-state index < -0.39 is 44.0 Å². The minimum absolute atomic E-state index is 0.0911. The summed E-state index contributed by atoms with van der Waals surface area (Å²) >= 11 is 11.8. The number of benzene rings is 2. The smallest absolute Gasteiger partial charge is 0.305 e. The van der Waals surface area contributed by atoms with Gasteiger partial charge in [-0.15, -0.1) is 0 Å². The van der Waals surface area contributed by atoms with Gasteiger partial charge in [0.25, 0.3) is 5.69 Å². The van der Waals surface area contributed by atoms with Crippen molar-refractivity contribution in [2.75, 3.05) is 0 Å². The highest BCUT2D eigenvalue weighted by Crippen LogP contribution is 2.32. The predicted octanol–water partition coefficient (Wildman–Crippen LogP) is 3.40. The van der Waals surface area contributed by atoms with Gasteiger partial charge in [-0.05, 0) is 12.1 Å². The van der Waals surface area contributed by atoms with Crippen LogP contribution in [0.4, 0.5) is 5.69 Å². The number of carboxylic acids is 1. The average molecular weight is 419 g/mol. The molecule has 0 aliphatic rings. The zero-order valence-electron chi connectivity index (χ0n) is 12.9. The van der Waals surface area contributed by atoms with Gasteiger partial charge >= 0.3 is 5.97 Å². The van der Waals surface area contributed by atoms with Crippen LogP contribution in [-0.4, -0.2) is 24.4 Å². The lowest BCUT2D eigenvalue weighted by atomic mass is 10.0. The summed E-state index contributed by atoms with van der Waals surface area (Å²) in [4.78, 5) is 21.2. The number of nitro benzene ring substituents is 1. The number of nitrogens with one attached hydrogen (secondary N) is 1. The Kier molecular flexibility index (Phi) is 6.19. The van der Waals surface area contributed by atoms with Crippen molar-refractivity contribution in [1.82, 2.24) is 4.72 Å². The first-order chi connectivity index (χ1) is 12.1. The van der Waals surface area contributed by atoms with E-state index in [4.69, 9.17) is 28.3 Å². The average Bonchev–Trinajstić information content (AvgIpc) is 2.53. The molecule has 0 bridgehead atoms. The Bertz CT molecular complexity index is 944. The maximum absolute atomic E-state index is 12.7. The Morgan fingerprint density at radius 3 is 2.27 bits per heavy atom. The van der Waals surface area contributed by atoms with Crippen molar-refractivity contribution in [1.29, 1.82) is 0 Å². The van der Waals surface area contributed by atoms with E-state index in [0.717, 1.165) is 6.07 Å². The molecule has 0 saturated carbocycles. The van der Waals surface area contributed by atoms with Crippen LogP contribution in [0.2, 0.25) is 10.0 Å². The summed E-state index contributed by atoms with van der Waals surface area (Å²) in [5.41, 5.74) is -0.502. The third kappa shape index (κ3) is 4.50. The van der Waals surface area contributed by atoms with Gasteiger partial charge in [-0.2, -0.15) is 0 Å². The van der Waals surface area contributed by atoms with E-state index in [1.807, 2.05) is 0 Å². The summed E-state index contributed by atoms with van der Waals surface area (Å²) in [7, 11) is -4.36. The van der Waals surface area contributed by atoms with Crippen molar-refractivity contribution in [3.8, 4) is 0 Å². The van der Waals surface area contributed by atoms with E-state index in [-0.39, 0.29) is 15.6 Å². The van der Waals surface area contributed by atoms with Crippen molar-refractivity contribution in [3.63, 3.8) is 0 Å². The molecule has 2 aromatic rings. The van der Waals surface area contributed by atoms with Crippen LogP contribution >= 0.6 is 23.2 Å². The SMILES string of the molecule is O=C(O)CC(NS(=O)(=O)c1c(Cl)cccc1Cl)c1ccccc1[N+](=O)[O-]. The van der Waals surface area contributed by atoms with Crippen molar-refractivity contribution in [2.45, 2.75) is 17.4 Å². The molecule has 0 aliphatic carbocycles. The summed E-state index contributed by atoms with van der Waals surface area (Å²) in [6.45, 7) is 0. The first-order valence-corrected chi connectivity index (χ1v) is 9.29. The molecule has 0 amide bonds. The fourth-order valence-corrected chi connectivity index (χ4v) is 4.68. The van der Waals surface area contributed by atoms with E-state index in [2.05, 4.69) is 4.72 Å². The molecule has 0 radical (unpaired) electrons. The molecular weight excluding hydrogens is 407 g/mol. The number of carboxylic acid groups (broad SMARTS) is 1. The van der Waals surface area contributed by atoms with Crippen LogP contribution in [0.25, 0.3) is 0 Å². The second-order valence-corrected chi connectivity index (χ2v) is 7.60. The number of sulfonamides is 1. The van der Waals surface area contributed by atoms with Crippen molar-refractivity contribution in [2.24, 2.45) is 0 Å². The minimum atomic E-state index is -4.36. The van der Waals surface area contributed by atoms with Crippen LogP contribution in [0.3, 0.4) is 0 Å². The second kappa shape index (κ2) is 8.00. The predicted molar refractivity (Wildman–Crippen MR) is 94.9 cm³/mol. The third-order valence-electron chi connectivity index (χ3n) is 3.37. The molecule has 0 heterocycles. The fourth-order valence-electron chi connectivity index (χ4n) is 2.32. The van der Waals surface area contributed by atoms with Gasteiger partial charge in [-0.3, -0.25) is 14.9 Å². The van der Waals surface area contributed by atoms with Gasteiger partial charge in [0.1, 0.15) is 4.90 Å². The molecule has 1 atom stereocenters. The van der Waals surface area contributed by atoms with Crippen molar-refractivity contribution < 1.29 is 23.2 Å². The van der Waals surface area contributed by atoms with Gasteiger partial charge in [-0.25, -0.2) is 13.1 Å². The molecule has 0 fully saturated rings. The zero-order valence-corrected chi connectivity index (χ0v) is 15.3. The Labute approximate surface area is 158 Å². The van der Waals surface area contributed by atoms with Crippen LogP contribution < -0.4 is 4.72 Å². The van der Waals surface area contributed by atoms with Crippen molar-refractivity contribution >= 4 is 44.9 Å². The Balaban J connectivity index is 2.53. The molecule has 0 spiro atoms. The maximum atomic E-state index is 12.7. The first kappa shape index (κ1) is 20.1. The second-order valence-electron chi connectivity index (χ2n) is 5.14. The number of hydrogen-bond donors (Lipinski definition) is 2. The van der Waals surface area contributed by atoms with Crippen molar-refractivity contribution in [3.05, 3.63) is 68.2 Å². The Morgan fingerprint density at radius 1 is 1.15 bits per heavy atom. The first-order valence-electron chi connectivity index (χ1n) is 7.05. The highest BCUT2D eigenvalue weighted by molar-refractivity contribution is 7.89. The van der Waals surface area contributed by atoms with Gasteiger partial charge in [0, 0.05) is 11.6 Å². The van der Waals surface area contributed by atoms with Crippen LogP contribution in [0.1, 0.15) is 18.0 Å². The molecule has 11 heteroatoms. The number of carbonyl (C=O) groups is 1. The molecule has 2 N–H and O–H groups in total. The molecule has 8 nitrogen and oxygen atoms in total. The lowest BCUT2D eigenvalue weighted by Crippen LogP contribution is -2.31. The molecule has 26 heavy (non-hydrogen) atoms. The largest absolute Gasteiger partial charge is 0.481 e. The van der Waals surface area contributed by atoms with Crippen LogP contribution in [-0.2, 0) is 14.8 Å². The Morgan fingerprint density at radius 2 is 1.73 bits per heavy atom. The lowest BCUT2D eigenvalue weighted by molar-refractivity contribution is -0.385. The zero-order chi connectivity index (χ0) is 19.5. The summed E-state index contributed by atoms with van der Waals surface area (Å²) < 4.78 is 27.5. The summed E-state index contributed by atoms with van der Waals surface area (Å²) in [5.74, 6) is -1.35. The summed E-state index contributed by atoms with van der Waals surface area (Å²) in [5, 5.41) is 20.0. The number of para-hydroxylation sites is 1. The maximum Gasteiger partial charge on any atom is 0.305 e. The minimum Gasteiger partial charge on any atom is -0.481 e. The number of halogens is 2. The van der Waals surface area contributed by atoms with E-state index >= 15 is 0 Å². The topological polar surface area (TPSA) is 127 Å². The third-order valence-corrected chi connectivity index (χ3v) is 5.80. The van der Waals surface area contributed by atoms with E-state index in [9.17, 15) is 23.3 Å². The summed E-state index contributed by atoms with van der Waals surface area (Å²) in [6.07, 6.45) is -0.716. The fraction of sp³-hybridized carbons (Fsp3) is 0.133. The molecule has 1 unspecified atom stereocenters. The monoisotopic (exact) mass is 418 g/mol. The molecular formula is C15H12Cl2N2O6S. The molecule has 0 saturated heterocycles. The van der Waals surface area contributed by atoms with Gasteiger partial charge < -0.3 is 5.11 Å². The normalized spacial score (nSPS) is 12.5. The number of aliphatic carboxylic acids is 1. The van der Waals surface area contributed by atoms with Gasteiger partial charge in [0.15, 0.2) is 0 Å². The van der Waals surface area contributed by atoms with Gasteiger partial charge in [0.05, 0.1) is 27.4 Å². The van der Waals surface area contributed by atoms with Crippen LogP contribution in [0.15, 0.2) is 47.4 Å². The standard InChI is InChI=1S/C15H12Cl2N2O6S/c16-10-5-3-6-11(17)15(10)26(24,25)18-12(8-14(20)21)9-4-1-2-7-13(9)19(22)23/h1-7,12,18H,8H2,(H,20,21). The molecule has 2 rings (SSSR count). The van der Waals surface area contributed by atoms with Gasteiger partial charge in [0.2, 0.25) is 10.0 Å². The quantitative estimate of drug-likeness (QED) is 0.523. The lowest BCUT2D eigenvalue weighted by Gasteiger charge is -2.18. The molecule has 0 aliphatic heterocycles. The highest BCUT2D eigenvalue weighted by Gasteiger charge is 2.30. The number of nitro groups is 1. The molecule has 2 aromatic carbocycles. The number of rotatable bonds is 7. The number of nitrogens with zero attached hydrogens (tertiary/aromatic N) is 1. The van der Waals surface area contributed by atoms with E-state index in [1.54, 1.807) is 0 Å². The highest BCUT2D eigenvalue weighted by atomic mass is 35.5. The number of hydrogen-bond acceptors (Lipinski definition) is 5. The molecule has 138 valence electrons. The van der Waals surface area contributed by atoms with E-state index in [1.165, 1.54) is 36.4 Å². The van der Waals surface area contributed by atoms with E-state index in [0.29, 0.717) is 0 Å². The summed E-state index contributed by atoms with van der Waals surface area (Å²) in [6, 6.07) is 7.92. The Hall–Kier alpha value is -2.20. The van der Waals surface area contributed by atoms with Gasteiger partial charge in [-0.1, -0.05) is 47.5 Å². The van der Waals surface area contributed by atoms with Crippen LogP contribution in [0, 0.1) is 10.1 Å². The molecule has 0 aromatic heterocycles.